The molecule has 1 aromatic heterocycles. The molecule has 0 amide bonds. The highest BCUT2D eigenvalue weighted by atomic mass is 16.5. The number of nitrogen functional groups attached to an aromatic ring is 1. The Morgan fingerprint density at radius 2 is 2.25 bits per heavy atom. The molecule has 0 fully saturated rings. The number of hydrazine groups is 1. The molecule has 1 rings (SSSR count). The Labute approximate surface area is 96.2 Å². The fourth-order valence-electron chi connectivity index (χ4n) is 1.48. The third kappa shape index (κ3) is 2.91. The highest BCUT2D eigenvalue weighted by molar-refractivity contribution is 5.44. The lowest BCUT2D eigenvalue weighted by molar-refractivity contribution is -0.0100. The fraction of sp³-hybridized carbons (Fsp3) is 0.545. The van der Waals surface area contributed by atoms with Crippen LogP contribution in [0, 0.1) is 0 Å². The van der Waals surface area contributed by atoms with Crippen molar-refractivity contribution in [2.45, 2.75) is 31.9 Å². The standard InChI is InChI=1S/C11H20N4O/c1-11(2,16-3)10(15-13)6-8-7-14-5-4-9(8)12/h4-5,7,10,15H,6,13H2,1-3H3,(H2,12,14). The summed E-state index contributed by atoms with van der Waals surface area (Å²) in [5.74, 6) is 5.54. The van der Waals surface area contributed by atoms with E-state index in [1.54, 1.807) is 25.6 Å². The number of aromatic nitrogens is 1. The summed E-state index contributed by atoms with van der Waals surface area (Å²) in [6, 6.07) is 1.76. The van der Waals surface area contributed by atoms with Gasteiger partial charge in [0.2, 0.25) is 0 Å². The van der Waals surface area contributed by atoms with Gasteiger partial charge in [-0.05, 0) is 31.9 Å². The van der Waals surface area contributed by atoms with Gasteiger partial charge in [0.1, 0.15) is 0 Å². The van der Waals surface area contributed by atoms with Gasteiger partial charge < -0.3 is 10.5 Å². The highest BCUT2D eigenvalue weighted by Gasteiger charge is 2.28. The van der Waals surface area contributed by atoms with E-state index in [0.29, 0.717) is 6.42 Å². The molecule has 0 saturated carbocycles. The molecule has 0 aliphatic rings. The van der Waals surface area contributed by atoms with Crippen molar-refractivity contribution in [1.82, 2.24) is 10.4 Å². The molecule has 0 bridgehead atoms. The van der Waals surface area contributed by atoms with Gasteiger partial charge in [-0.25, -0.2) is 0 Å². The SMILES string of the molecule is COC(C)(C)C(Cc1cnccc1N)NN. The van der Waals surface area contributed by atoms with Crippen molar-refractivity contribution >= 4 is 5.69 Å². The maximum absolute atomic E-state index is 5.86. The minimum atomic E-state index is -0.364. The number of pyridine rings is 1. The van der Waals surface area contributed by atoms with Crippen molar-refractivity contribution in [1.29, 1.82) is 0 Å². The fourth-order valence-corrected chi connectivity index (χ4v) is 1.48. The molecule has 1 atom stereocenters. The van der Waals surface area contributed by atoms with Gasteiger partial charge >= 0.3 is 0 Å². The lowest BCUT2D eigenvalue weighted by Gasteiger charge is -2.32. The molecule has 0 aromatic carbocycles. The molecular weight excluding hydrogens is 204 g/mol. The predicted octanol–water partition coefficient (Wildman–Crippen LogP) is 0.463. The second kappa shape index (κ2) is 5.25. The molecule has 0 aliphatic carbocycles. The van der Waals surface area contributed by atoms with Crippen molar-refractivity contribution in [3.63, 3.8) is 0 Å². The predicted molar refractivity (Wildman–Crippen MR) is 64.6 cm³/mol. The largest absolute Gasteiger partial charge is 0.398 e. The Morgan fingerprint density at radius 3 is 2.75 bits per heavy atom. The number of nitrogens with two attached hydrogens (primary N) is 2. The molecule has 1 heterocycles. The zero-order valence-electron chi connectivity index (χ0n) is 10.0. The van der Waals surface area contributed by atoms with Crippen molar-refractivity contribution in [3.05, 3.63) is 24.0 Å². The van der Waals surface area contributed by atoms with Gasteiger partial charge in [-0.1, -0.05) is 0 Å². The molecule has 0 saturated heterocycles. The molecule has 1 unspecified atom stereocenters. The maximum Gasteiger partial charge on any atom is 0.0791 e. The van der Waals surface area contributed by atoms with E-state index in [1.165, 1.54) is 0 Å². The summed E-state index contributed by atoms with van der Waals surface area (Å²) < 4.78 is 5.40. The van der Waals surface area contributed by atoms with Crippen LogP contribution in [0.15, 0.2) is 18.5 Å². The second-order valence-corrected chi connectivity index (χ2v) is 4.31. The van der Waals surface area contributed by atoms with Crippen LogP contribution in [0.1, 0.15) is 19.4 Å². The molecule has 90 valence electrons. The molecular formula is C11H20N4O. The Balaban J connectivity index is 2.82. The number of methoxy groups -OCH3 is 1. The minimum Gasteiger partial charge on any atom is -0.398 e. The van der Waals surface area contributed by atoms with Crippen LogP contribution in [0.3, 0.4) is 0 Å². The van der Waals surface area contributed by atoms with Gasteiger partial charge in [0, 0.05) is 25.2 Å². The molecule has 1 aromatic rings. The Bertz CT molecular complexity index is 341. The van der Waals surface area contributed by atoms with E-state index in [4.69, 9.17) is 16.3 Å². The van der Waals surface area contributed by atoms with E-state index in [2.05, 4.69) is 10.4 Å². The Morgan fingerprint density at radius 1 is 1.56 bits per heavy atom. The van der Waals surface area contributed by atoms with E-state index >= 15 is 0 Å². The first-order valence-corrected chi connectivity index (χ1v) is 5.21. The summed E-state index contributed by atoms with van der Waals surface area (Å²) in [5, 5.41) is 0. The van der Waals surface area contributed by atoms with Crippen LogP contribution < -0.4 is 17.0 Å². The molecule has 0 radical (unpaired) electrons. The number of hydrogen-bond acceptors (Lipinski definition) is 5. The van der Waals surface area contributed by atoms with Gasteiger partial charge in [-0.3, -0.25) is 16.3 Å². The van der Waals surface area contributed by atoms with Crippen LogP contribution in [-0.2, 0) is 11.2 Å². The second-order valence-electron chi connectivity index (χ2n) is 4.31. The maximum atomic E-state index is 5.86. The summed E-state index contributed by atoms with van der Waals surface area (Å²) in [5.41, 5.74) is 9.95. The lowest BCUT2D eigenvalue weighted by Crippen LogP contribution is -2.52. The smallest absolute Gasteiger partial charge is 0.0791 e. The number of hydrogen-bond donors (Lipinski definition) is 3. The van der Waals surface area contributed by atoms with Gasteiger partial charge in [0.05, 0.1) is 11.6 Å². The topological polar surface area (TPSA) is 86.2 Å². The average molecular weight is 224 g/mol. The highest BCUT2D eigenvalue weighted by Crippen LogP contribution is 2.19. The molecule has 5 N–H and O–H groups in total. The lowest BCUT2D eigenvalue weighted by atomic mass is 9.93. The van der Waals surface area contributed by atoms with Crippen molar-refractivity contribution in [2.75, 3.05) is 12.8 Å². The third-order valence-corrected chi connectivity index (χ3v) is 2.93. The van der Waals surface area contributed by atoms with Gasteiger partial charge in [0.15, 0.2) is 0 Å². The van der Waals surface area contributed by atoms with Crippen LogP contribution >= 0.6 is 0 Å². The normalized spacial score (nSPS) is 13.8. The van der Waals surface area contributed by atoms with Crippen LogP contribution in [0.25, 0.3) is 0 Å². The van der Waals surface area contributed by atoms with Gasteiger partial charge in [-0.2, -0.15) is 0 Å². The van der Waals surface area contributed by atoms with E-state index in [-0.39, 0.29) is 11.6 Å². The van der Waals surface area contributed by atoms with Crippen molar-refractivity contribution in [3.8, 4) is 0 Å². The number of nitrogens with zero attached hydrogens (tertiary/aromatic N) is 1. The number of rotatable bonds is 5. The van der Waals surface area contributed by atoms with E-state index in [9.17, 15) is 0 Å². The first kappa shape index (κ1) is 12.9. The monoisotopic (exact) mass is 224 g/mol. The van der Waals surface area contributed by atoms with Gasteiger partial charge in [-0.15, -0.1) is 0 Å². The number of nitrogens with one attached hydrogen (secondary N) is 1. The van der Waals surface area contributed by atoms with Crippen LogP contribution in [-0.4, -0.2) is 23.7 Å². The quantitative estimate of drug-likeness (QED) is 0.500. The number of ether oxygens (including phenoxy) is 1. The van der Waals surface area contributed by atoms with Crippen molar-refractivity contribution in [2.24, 2.45) is 5.84 Å². The van der Waals surface area contributed by atoms with Crippen LogP contribution in [0.5, 0.6) is 0 Å². The zero-order valence-corrected chi connectivity index (χ0v) is 10.0. The van der Waals surface area contributed by atoms with E-state index in [0.717, 1.165) is 11.3 Å². The molecule has 5 heteroatoms. The van der Waals surface area contributed by atoms with Crippen LogP contribution in [0.4, 0.5) is 5.69 Å². The first-order chi connectivity index (χ1) is 7.51. The van der Waals surface area contributed by atoms with Gasteiger partial charge in [0.25, 0.3) is 0 Å². The van der Waals surface area contributed by atoms with E-state index < -0.39 is 0 Å². The molecule has 16 heavy (non-hydrogen) atoms. The first-order valence-electron chi connectivity index (χ1n) is 5.21. The Hall–Kier alpha value is -1.17. The zero-order chi connectivity index (χ0) is 12.2. The summed E-state index contributed by atoms with van der Waals surface area (Å²) >= 11 is 0. The van der Waals surface area contributed by atoms with Crippen molar-refractivity contribution < 1.29 is 4.74 Å². The third-order valence-electron chi connectivity index (χ3n) is 2.93. The summed E-state index contributed by atoms with van der Waals surface area (Å²) in [4.78, 5) is 4.05. The Kier molecular flexibility index (Phi) is 4.23. The molecule has 5 nitrogen and oxygen atoms in total. The summed E-state index contributed by atoms with van der Waals surface area (Å²) in [7, 11) is 1.66. The molecule has 0 aliphatic heterocycles. The molecule has 0 spiro atoms. The summed E-state index contributed by atoms with van der Waals surface area (Å²) in [6.45, 7) is 3.95. The van der Waals surface area contributed by atoms with E-state index in [1.807, 2.05) is 13.8 Å². The minimum absolute atomic E-state index is 0.0241. The average Bonchev–Trinajstić information content (AvgIpc) is 2.27. The number of anilines is 1. The summed E-state index contributed by atoms with van der Waals surface area (Å²) in [6.07, 6.45) is 4.10. The van der Waals surface area contributed by atoms with Crippen LogP contribution in [0.2, 0.25) is 0 Å².